The number of carbonyl (C=O) groups is 2. The molecule has 1 unspecified atom stereocenters. The van der Waals surface area contributed by atoms with Gasteiger partial charge in [-0.1, -0.05) is 78.9 Å². The Balaban J connectivity index is 1.60. The van der Waals surface area contributed by atoms with Gasteiger partial charge in [0.2, 0.25) is 5.78 Å². The van der Waals surface area contributed by atoms with E-state index >= 15 is 0 Å². The molecule has 3 nitrogen and oxygen atoms in total. The number of hydrogen-bond acceptors (Lipinski definition) is 3. The number of rotatable bonds is 3. The van der Waals surface area contributed by atoms with Crippen LogP contribution in [0.2, 0.25) is 0 Å². The van der Waals surface area contributed by atoms with Gasteiger partial charge in [-0.25, -0.2) is 4.99 Å². The summed E-state index contributed by atoms with van der Waals surface area (Å²) >= 11 is 6.24. The average Bonchev–Trinajstić information content (AvgIpc) is 2.75. The topological polar surface area (TPSA) is 46.5 Å². The molecule has 0 aliphatic heterocycles. The number of Topliss-reactive ketones (excluding diaryl/α,β-unsaturated/α-hetero) is 2. The van der Waals surface area contributed by atoms with E-state index in [1.165, 1.54) is 0 Å². The van der Waals surface area contributed by atoms with E-state index in [0.29, 0.717) is 16.8 Å². The van der Waals surface area contributed by atoms with E-state index in [-0.39, 0.29) is 17.3 Å². The number of nitrogens with zero attached hydrogens (tertiary/aromatic N) is 1. The maximum Gasteiger partial charge on any atom is 0.209 e. The highest BCUT2D eigenvalue weighted by Crippen LogP contribution is 2.26. The van der Waals surface area contributed by atoms with Crippen LogP contribution in [0.25, 0.3) is 12.2 Å². The maximum atomic E-state index is 12.7. The SMILES string of the molecule is O=C1C(=Nc2ccc(/C=C/c3ccccc3)cc2)C(Cl)C(=O)c2ccccc21. The molecule has 0 radical (unpaired) electrons. The zero-order chi connectivity index (χ0) is 19.5. The molecule has 0 spiro atoms. The Hall–Kier alpha value is -3.30. The molecule has 0 aromatic heterocycles. The van der Waals surface area contributed by atoms with E-state index in [1.807, 2.05) is 54.6 Å². The van der Waals surface area contributed by atoms with Crippen LogP contribution >= 0.6 is 11.6 Å². The van der Waals surface area contributed by atoms with Crippen molar-refractivity contribution < 1.29 is 9.59 Å². The van der Waals surface area contributed by atoms with Gasteiger partial charge in [-0.2, -0.15) is 0 Å². The van der Waals surface area contributed by atoms with Crippen LogP contribution in [-0.4, -0.2) is 22.7 Å². The van der Waals surface area contributed by atoms with Crippen LogP contribution in [-0.2, 0) is 0 Å². The van der Waals surface area contributed by atoms with Gasteiger partial charge in [0.15, 0.2) is 5.78 Å². The number of carbonyl (C=O) groups excluding carboxylic acids is 2. The molecule has 0 fully saturated rings. The number of halogens is 1. The lowest BCUT2D eigenvalue weighted by molar-refractivity contribution is 0.0968. The fraction of sp³-hybridized carbons (Fsp3) is 0.0417. The predicted molar refractivity (Wildman–Crippen MR) is 114 cm³/mol. The summed E-state index contributed by atoms with van der Waals surface area (Å²) in [7, 11) is 0. The molecule has 1 aliphatic carbocycles. The number of hydrogen-bond donors (Lipinski definition) is 0. The summed E-state index contributed by atoms with van der Waals surface area (Å²) in [6.07, 6.45) is 4.03. The minimum atomic E-state index is -1.07. The minimum Gasteiger partial charge on any atom is -0.292 e. The van der Waals surface area contributed by atoms with E-state index in [4.69, 9.17) is 11.6 Å². The molecule has 0 bridgehead atoms. The van der Waals surface area contributed by atoms with Gasteiger partial charge in [-0.15, -0.1) is 11.6 Å². The second kappa shape index (κ2) is 7.75. The second-order valence-corrected chi connectivity index (χ2v) is 6.87. The maximum absolute atomic E-state index is 12.7. The molecule has 3 aromatic rings. The van der Waals surface area contributed by atoms with Crippen LogP contribution in [0.5, 0.6) is 0 Å². The van der Waals surface area contributed by atoms with E-state index < -0.39 is 5.38 Å². The average molecular weight is 386 g/mol. The Morgan fingerprint density at radius 3 is 1.96 bits per heavy atom. The molecular formula is C24H16ClNO2. The van der Waals surface area contributed by atoms with E-state index in [9.17, 15) is 9.59 Å². The van der Waals surface area contributed by atoms with E-state index in [0.717, 1.165) is 11.1 Å². The van der Waals surface area contributed by atoms with Crippen molar-refractivity contribution in [1.82, 2.24) is 0 Å². The van der Waals surface area contributed by atoms with Gasteiger partial charge in [-0.05, 0) is 23.3 Å². The molecule has 0 N–H and O–H groups in total. The van der Waals surface area contributed by atoms with Gasteiger partial charge in [0.05, 0.1) is 5.69 Å². The fourth-order valence-corrected chi connectivity index (χ4v) is 3.34. The van der Waals surface area contributed by atoms with Crippen LogP contribution < -0.4 is 0 Å². The largest absolute Gasteiger partial charge is 0.292 e. The van der Waals surface area contributed by atoms with Crippen LogP contribution in [0.15, 0.2) is 83.9 Å². The van der Waals surface area contributed by atoms with Crippen LogP contribution in [0.3, 0.4) is 0 Å². The van der Waals surface area contributed by atoms with Gasteiger partial charge >= 0.3 is 0 Å². The van der Waals surface area contributed by atoms with Crippen molar-refractivity contribution in [2.75, 3.05) is 0 Å². The molecule has 136 valence electrons. The highest BCUT2D eigenvalue weighted by Gasteiger charge is 2.37. The number of alkyl halides is 1. The third-order valence-corrected chi connectivity index (χ3v) is 4.96. The van der Waals surface area contributed by atoms with Crippen molar-refractivity contribution in [3.8, 4) is 0 Å². The Labute approximate surface area is 168 Å². The van der Waals surface area contributed by atoms with Crippen LogP contribution in [0.1, 0.15) is 31.8 Å². The molecule has 1 aliphatic rings. The Kier molecular flexibility index (Phi) is 5.00. The lowest BCUT2D eigenvalue weighted by Crippen LogP contribution is -2.37. The standard InChI is InChI=1S/C24H16ClNO2/c25-21-22(24(28)20-9-5-4-8-19(20)23(21)27)26-18-14-12-17(13-15-18)11-10-16-6-2-1-3-7-16/h1-15,21H/b11-10+,26-22?. The Bertz CT molecular complexity index is 1100. The third kappa shape index (κ3) is 3.57. The fourth-order valence-electron chi connectivity index (χ4n) is 3.07. The van der Waals surface area contributed by atoms with Crippen molar-refractivity contribution in [3.63, 3.8) is 0 Å². The van der Waals surface area contributed by atoms with Crippen molar-refractivity contribution >= 4 is 46.7 Å². The lowest BCUT2D eigenvalue weighted by atomic mass is 9.88. The monoisotopic (exact) mass is 385 g/mol. The second-order valence-electron chi connectivity index (χ2n) is 6.43. The van der Waals surface area contributed by atoms with Gasteiger partial charge in [0.1, 0.15) is 11.1 Å². The summed E-state index contributed by atoms with van der Waals surface area (Å²) in [4.78, 5) is 29.6. The molecule has 1 atom stereocenters. The quantitative estimate of drug-likeness (QED) is 0.434. The Morgan fingerprint density at radius 2 is 1.29 bits per heavy atom. The summed E-state index contributed by atoms with van der Waals surface area (Å²) in [5, 5.41) is -1.07. The Morgan fingerprint density at radius 1 is 0.714 bits per heavy atom. The van der Waals surface area contributed by atoms with Gasteiger partial charge in [-0.3, -0.25) is 9.59 Å². The highest BCUT2D eigenvalue weighted by molar-refractivity contribution is 6.65. The summed E-state index contributed by atoms with van der Waals surface area (Å²) in [5.41, 5.74) is 3.47. The minimum absolute atomic E-state index is 0.0675. The number of fused-ring (bicyclic) bond motifs is 1. The molecule has 0 saturated carbocycles. The molecule has 4 heteroatoms. The van der Waals surface area contributed by atoms with E-state index in [1.54, 1.807) is 36.4 Å². The molecule has 28 heavy (non-hydrogen) atoms. The first-order valence-electron chi connectivity index (χ1n) is 8.87. The summed E-state index contributed by atoms with van der Waals surface area (Å²) < 4.78 is 0. The first-order valence-corrected chi connectivity index (χ1v) is 9.31. The summed E-state index contributed by atoms with van der Waals surface area (Å²) in [6, 6.07) is 24.1. The molecular weight excluding hydrogens is 370 g/mol. The van der Waals surface area contributed by atoms with Crippen LogP contribution in [0, 0.1) is 0 Å². The van der Waals surface area contributed by atoms with Crippen LogP contribution in [0.4, 0.5) is 5.69 Å². The van der Waals surface area contributed by atoms with Crippen molar-refractivity contribution in [1.29, 1.82) is 0 Å². The molecule has 0 heterocycles. The van der Waals surface area contributed by atoms with Gasteiger partial charge in [0.25, 0.3) is 0 Å². The highest BCUT2D eigenvalue weighted by atomic mass is 35.5. The lowest BCUT2D eigenvalue weighted by Gasteiger charge is -2.19. The molecule has 0 amide bonds. The normalized spacial score (nSPS) is 17.9. The number of ketones is 2. The van der Waals surface area contributed by atoms with Crippen molar-refractivity contribution in [3.05, 3.63) is 101 Å². The molecule has 4 rings (SSSR count). The summed E-state index contributed by atoms with van der Waals surface area (Å²) in [5.74, 6) is -0.596. The number of aliphatic imine (C=N–C) groups is 1. The first kappa shape index (κ1) is 18.1. The molecule has 3 aromatic carbocycles. The molecule has 0 saturated heterocycles. The zero-order valence-electron chi connectivity index (χ0n) is 14.9. The first-order chi connectivity index (χ1) is 13.6. The smallest absolute Gasteiger partial charge is 0.209 e. The predicted octanol–water partition coefficient (Wildman–Crippen LogP) is 5.62. The summed E-state index contributed by atoms with van der Waals surface area (Å²) in [6.45, 7) is 0. The zero-order valence-corrected chi connectivity index (χ0v) is 15.6. The van der Waals surface area contributed by atoms with Gasteiger partial charge in [0, 0.05) is 11.1 Å². The third-order valence-electron chi connectivity index (χ3n) is 4.55. The van der Waals surface area contributed by atoms with Crippen molar-refractivity contribution in [2.24, 2.45) is 4.99 Å². The number of benzene rings is 3. The van der Waals surface area contributed by atoms with Crippen molar-refractivity contribution in [2.45, 2.75) is 5.38 Å². The van der Waals surface area contributed by atoms with Gasteiger partial charge < -0.3 is 0 Å². The van der Waals surface area contributed by atoms with E-state index in [2.05, 4.69) is 4.99 Å².